The van der Waals surface area contributed by atoms with Gasteiger partial charge >= 0.3 is 12.1 Å². The van der Waals surface area contributed by atoms with Crippen LogP contribution in [0, 0.1) is 17.8 Å². The van der Waals surface area contributed by atoms with Crippen molar-refractivity contribution in [1.82, 2.24) is 19.9 Å². The number of carbonyl (C=O) groups excluding carboxylic acids is 1. The Kier molecular flexibility index (Phi) is 9.98. The lowest BCUT2D eigenvalue weighted by atomic mass is 9.66. The molecule has 16 heteroatoms. The van der Waals surface area contributed by atoms with Crippen LogP contribution in [-0.4, -0.2) is 69.5 Å². The lowest BCUT2D eigenvalue weighted by molar-refractivity contribution is -0.144. The molecule has 4 fully saturated rings. The molecule has 10 nitrogen and oxygen atoms in total. The molecule has 2 unspecified atom stereocenters. The number of benzene rings is 1. The molecule has 2 atom stereocenters. The predicted octanol–water partition coefficient (Wildman–Crippen LogP) is 7.61. The highest BCUT2D eigenvalue weighted by Gasteiger charge is 2.42. The first kappa shape index (κ1) is 37.5. The smallest absolute Gasteiger partial charge is 0.434 e. The van der Waals surface area contributed by atoms with Gasteiger partial charge in [-0.05, 0) is 94.6 Å². The molecule has 4 aliphatic carbocycles. The number of nitrogens with one attached hydrogen (secondary N) is 1. The molecule has 3 aromatic rings. The largest absolute Gasteiger partial charge is 0.490 e. The van der Waals surface area contributed by atoms with Crippen LogP contribution in [0.2, 0.25) is 0 Å². The lowest BCUT2D eigenvalue weighted by Gasteiger charge is -2.41. The maximum Gasteiger partial charge on any atom is 0.434 e. The summed E-state index contributed by atoms with van der Waals surface area (Å²) in [5.41, 5.74) is -1.34. The number of halogens is 5. The molecule has 2 aromatic heterocycles. The summed E-state index contributed by atoms with van der Waals surface area (Å²) in [4.78, 5) is 33.1. The molecule has 2 heterocycles. The van der Waals surface area contributed by atoms with Gasteiger partial charge in [-0.25, -0.2) is 27.2 Å². The number of alkyl halides is 5. The monoisotopic (exact) mass is 766 g/mol. The summed E-state index contributed by atoms with van der Waals surface area (Å²) < 4.78 is 104. The molecule has 2 N–H and O–H groups in total. The Morgan fingerprint density at radius 3 is 2.25 bits per heavy atom. The third-order valence-corrected chi connectivity index (χ3v) is 13.5. The van der Waals surface area contributed by atoms with Gasteiger partial charge in [-0.3, -0.25) is 9.59 Å². The van der Waals surface area contributed by atoms with Crippen molar-refractivity contribution in [3.8, 4) is 17.1 Å². The summed E-state index contributed by atoms with van der Waals surface area (Å²) in [5.74, 6) is -4.77. The Labute approximate surface area is 303 Å². The Morgan fingerprint density at radius 1 is 0.981 bits per heavy atom. The minimum atomic E-state index is -5.01. The van der Waals surface area contributed by atoms with Gasteiger partial charge in [-0.2, -0.15) is 13.2 Å². The number of fused-ring (bicyclic) bond motifs is 3. The average Bonchev–Trinajstić information content (AvgIpc) is 3.46. The number of amides is 1. The van der Waals surface area contributed by atoms with E-state index in [2.05, 4.69) is 15.3 Å². The van der Waals surface area contributed by atoms with Gasteiger partial charge in [0.05, 0.1) is 28.4 Å². The number of carboxylic acid groups (broad SMARTS) is 1. The van der Waals surface area contributed by atoms with E-state index < -0.39 is 62.3 Å². The molecular formula is C37H43F5N4O6S. The second-order valence-corrected chi connectivity index (χ2v) is 18.0. The van der Waals surface area contributed by atoms with Gasteiger partial charge in [-0.15, -0.1) is 0 Å². The fourth-order valence-corrected chi connectivity index (χ4v) is 10.3. The van der Waals surface area contributed by atoms with Crippen molar-refractivity contribution in [2.45, 2.75) is 119 Å². The van der Waals surface area contributed by atoms with E-state index in [9.17, 15) is 45.1 Å². The Balaban J connectivity index is 1.17. The second-order valence-electron chi connectivity index (χ2n) is 15.6. The summed E-state index contributed by atoms with van der Waals surface area (Å²) in [6, 6.07) is 4.27. The van der Waals surface area contributed by atoms with E-state index in [0.717, 1.165) is 12.6 Å². The molecule has 288 valence electrons. The van der Waals surface area contributed by atoms with Crippen molar-refractivity contribution in [1.29, 1.82) is 0 Å². The van der Waals surface area contributed by atoms with Crippen LogP contribution in [0.15, 0.2) is 30.6 Å². The first-order valence-electron chi connectivity index (χ1n) is 18.3. The minimum Gasteiger partial charge on any atom is -0.490 e. The summed E-state index contributed by atoms with van der Waals surface area (Å²) >= 11 is 0. The standard InChI is InChI=1S/C37H43F5N4O6S/c1-53(50,51)27-5-2-25(3-6-27)52-26-4-7-28-30(19-46(31(28)17-26)24-8-10-36(38,39)11-9-24)33-43-18-29(32(45-33)37(40,41)42)34(47)44-23-15-20-12-21(16-23)14-22(13-20)35(48)49/h4,7,17-25,27H,2-3,5-6,8-16H2,1H3,(H,44,47)(H,48,49). The average molecular weight is 767 g/mol. The third-order valence-electron chi connectivity index (χ3n) is 11.8. The van der Waals surface area contributed by atoms with Crippen molar-refractivity contribution in [3.63, 3.8) is 0 Å². The summed E-state index contributed by atoms with van der Waals surface area (Å²) in [6.45, 7) is 0. The van der Waals surface area contributed by atoms with Gasteiger partial charge in [0.15, 0.2) is 11.5 Å². The van der Waals surface area contributed by atoms with E-state index in [1.165, 1.54) is 6.26 Å². The maximum absolute atomic E-state index is 14.6. The lowest BCUT2D eigenvalue weighted by Crippen LogP contribution is -2.44. The SMILES string of the molecule is CS(=O)(=O)C1CCC(Oc2ccc3c(-c4ncc(C(=O)NC5CC6CC(C5)CC(C(=O)O)C6)c(C(F)(F)F)n4)cn(C4CCC(F)(F)CC4)c3c2)CC1. The van der Waals surface area contributed by atoms with Crippen molar-refractivity contribution in [3.05, 3.63) is 41.9 Å². The number of carbonyl (C=O) groups is 2. The van der Waals surface area contributed by atoms with Crippen molar-refractivity contribution in [2.24, 2.45) is 17.8 Å². The van der Waals surface area contributed by atoms with E-state index in [0.29, 0.717) is 68.0 Å². The van der Waals surface area contributed by atoms with Crippen LogP contribution in [0.1, 0.15) is 106 Å². The topological polar surface area (TPSA) is 140 Å². The van der Waals surface area contributed by atoms with Crippen LogP contribution < -0.4 is 10.1 Å². The molecule has 4 saturated carbocycles. The zero-order valence-electron chi connectivity index (χ0n) is 29.2. The molecule has 0 spiro atoms. The van der Waals surface area contributed by atoms with Crippen LogP contribution in [0.3, 0.4) is 0 Å². The van der Waals surface area contributed by atoms with Gasteiger partial charge < -0.3 is 19.7 Å². The fraction of sp³-hybridized carbons (Fsp3) is 0.622. The molecule has 1 amide bonds. The van der Waals surface area contributed by atoms with Gasteiger partial charge in [0.1, 0.15) is 15.6 Å². The van der Waals surface area contributed by atoms with E-state index in [1.54, 1.807) is 29.0 Å². The summed E-state index contributed by atoms with van der Waals surface area (Å²) in [7, 11) is -3.17. The fourth-order valence-electron chi connectivity index (χ4n) is 9.19. The van der Waals surface area contributed by atoms with E-state index >= 15 is 0 Å². The number of carboxylic acids is 1. The number of nitrogens with zero attached hydrogens (tertiary/aromatic N) is 3. The van der Waals surface area contributed by atoms with Crippen LogP contribution in [-0.2, 0) is 20.8 Å². The van der Waals surface area contributed by atoms with Crippen LogP contribution in [0.25, 0.3) is 22.3 Å². The van der Waals surface area contributed by atoms with Gasteiger partial charge in [0, 0.05) is 60.6 Å². The first-order valence-corrected chi connectivity index (χ1v) is 20.2. The number of hydrogen-bond acceptors (Lipinski definition) is 7. The van der Waals surface area contributed by atoms with E-state index in [4.69, 9.17) is 4.74 Å². The molecule has 0 saturated heterocycles. The second kappa shape index (κ2) is 14.1. The van der Waals surface area contributed by atoms with Gasteiger partial charge in [0.2, 0.25) is 5.92 Å². The first-order chi connectivity index (χ1) is 24.9. The zero-order valence-corrected chi connectivity index (χ0v) is 30.1. The molecule has 1 aromatic carbocycles. The molecule has 0 radical (unpaired) electrons. The molecule has 2 bridgehead atoms. The number of sulfone groups is 1. The van der Waals surface area contributed by atoms with Gasteiger partial charge in [-0.1, -0.05) is 0 Å². The molecule has 7 rings (SSSR count). The number of ether oxygens (including phenoxy) is 1. The van der Waals surface area contributed by atoms with Gasteiger partial charge in [0.25, 0.3) is 5.91 Å². The maximum atomic E-state index is 14.6. The highest BCUT2D eigenvalue weighted by molar-refractivity contribution is 7.91. The summed E-state index contributed by atoms with van der Waals surface area (Å²) in [5, 5.41) is 12.3. The third kappa shape index (κ3) is 8.16. The zero-order chi connectivity index (χ0) is 37.9. The Morgan fingerprint density at radius 2 is 1.64 bits per heavy atom. The predicted molar refractivity (Wildman–Crippen MR) is 184 cm³/mol. The molecular weight excluding hydrogens is 723 g/mol. The summed E-state index contributed by atoms with van der Waals surface area (Å²) in [6.07, 6.45) is 2.76. The van der Waals surface area contributed by atoms with Crippen LogP contribution in [0.4, 0.5) is 22.0 Å². The Hall–Kier alpha value is -3.82. The van der Waals surface area contributed by atoms with Crippen LogP contribution in [0.5, 0.6) is 5.75 Å². The molecule has 53 heavy (non-hydrogen) atoms. The number of hydrogen-bond donors (Lipinski definition) is 2. The quantitative estimate of drug-likeness (QED) is 0.223. The Bertz CT molecular complexity index is 1970. The minimum absolute atomic E-state index is 0.0585. The normalized spacial score (nSPS) is 28.0. The number of aromatic nitrogens is 3. The van der Waals surface area contributed by atoms with Crippen molar-refractivity contribution in [2.75, 3.05) is 6.26 Å². The van der Waals surface area contributed by atoms with Crippen LogP contribution >= 0.6 is 0 Å². The molecule has 4 aliphatic rings. The highest BCUT2D eigenvalue weighted by Crippen LogP contribution is 2.45. The van der Waals surface area contributed by atoms with E-state index in [1.807, 2.05) is 0 Å². The number of rotatable bonds is 8. The van der Waals surface area contributed by atoms with Crippen molar-refractivity contribution >= 4 is 32.6 Å². The molecule has 0 aliphatic heterocycles. The van der Waals surface area contributed by atoms with E-state index in [-0.39, 0.29) is 61.1 Å². The highest BCUT2D eigenvalue weighted by atomic mass is 32.2. The van der Waals surface area contributed by atoms with Crippen molar-refractivity contribution < 1.29 is 49.8 Å². The number of aliphatic carboxylic acids is 1.